The van der Waals surface area contributed by atoms with E-state index in [9.17, 15) is 4.79 Å². The van der Waals surface area contributed by atoms with Crippen molar-refractivity contribution in [2.75, 3.05) is 5.32 Å². The van der Waals surface area contributed by atoms with E-state index < -0.39 is 0 Å². The quantitative estimate of drug-likeness (QED) is 0.692. The van der Waals surface area contributed by atoms with Gasteiger partial charge in [0.25, 0.3) is 5.91 Å². The molecule has 2 heterocycles. The van der Waals surface area contributed by atoms with Crippen LogP contribution in [0.4, 0.5) is 5.69 Å². The third-order valence-electron chi connectivity index (χ3n) is 2.92. The largest absolute Gasteiger partial charge is 0.320 e. The molecule has 0 saturated carbocycles. The smallest absolute Gasteiger partial charge is 0.257 e. The Morgan fingerprint density at radius 3 is 2.76 bits per heavy atom. The number of rotatable bonds is 2. The Bertz CT molecular complexity index is 821. The summed E-state index contributed by atoms with van der Waals surface area (Å²) in [7, 11) is 0. The highest BCUT2D eigenvalue weighted by atomic mass is 79.9. The molecule has 0 aliphatic carbocycles. The Labute approximate surface area is 134 Å². The molecule has 0 spiro atoms. The molecule has 0 aliphatic rings. The van der Waals surface area contributed by atoms with Crippen molar-refractivity contribution >= 4 is 50.0 Å². The number of carbonyl (C=O) groups excluding carboxylic acids is 1. The summed E-state index contributed by atoms with van der Waals surface area (Å²) in [6, 6.07) is 10.8. The maximum absolute atomic E-state index is 12.2. The van der Waals surface area contributed by atoms with Crippen LogP contribution in [0.5, 0.6) is 0 Å². The Hall–Kier alpha value is -1.98. The van der Waals surface area contributed by atoms with E-state index in [0.29, 0.717) is 16.4 Å². The standard InChI is InChI=1S/C15H9BrClN3O/c16-11-6-9-2-1-3-12(14(9)19-8-11)20-15(21)10-4-5-13(17)18-7-10/h1-8H,(H,20,21). The minimum absolute atomic E-state index is 0.253. The molecular weight excluding hydrogens is 354 g/mol. The van der Waals surface area contributed by atoms with Gasteiger partial charge in [0.05, 0.1) is 16.8 Å². The molecule has 104 valence electrons. The predicted octanol–water partition coefficient (Wildman–Crippen LogP) is 4.30. The molecule has 0 bridgehead atoms. The maximum atomic E-state index is 12.2. The van der Waals surface area contributed by atoms with Gasteiger partial charge in [0.15, 0.2) is 0 Å². The minimum Gasteiger partial charge on any atom is -0.320 e. The average Bonchev–Trinajstić information content (AvgIpc) is 2.47. The van der Waals surface area contributed by atoms with Gasteiger partial charge in [0.1, 0.15) is 5.15 Å². The lowest BCUT2D eigenvalue weighted by Gasteiger charge is -2.08. The number of carbonyl (C=O) groups is 1. The lowest BCUT2D eigenvalue weighted by molar-refractivity contribution is 0.102. The first-order chi connectivity index (χ1) is 10.1. The molecule has 3 rings (SSSR count). The molecule has 21 heavy (non-hydrogen) atoms. The van der Waals surface area contributed by atoms with Gasteiger partial charge in [-0.25, -0.2) is 4.98 Å². The van der Waals surface area contributed by atoms with Gasteiger partial charge in [0, 0.05) is 22.3 Å². The minimum atomic E-state index is -0.253. The number of hydrogen-bond acceptors (Lipinski definition) is 3. The fraction of sp³-hybridized carbons (Fsp3) is 0. The molecule has 3 aromatic rings. The average molecular weight is 363 g/mol. The predicted molar refractivity (Wildman–Crippen MR) is 86.6 cm³/mol. The summed E-state index contributed by atoms with van der Waals surface area (Å²) in [5.41, 5.74) is 1.82. The van der Waals surface area contributed by atoms with Crippen LogP contribution in [0.2, 0.25) is 5.15 Å². The lowest BCUT2D eigenvalue weighted by atomic mass is 10.2. The van der Waals surface area contributed by atoms with Crippen LogP contribution in [-0.4, -0.2) is 15.9 Å². The van der Waals surface area contributed by atoms with Crippen molar-refractivity contribution in [2.45, 2.75) is 0 Å². The second-order valence-electron chi connectivity index (χ2n) is 4.35. The van der Waals surface area contributed by atoms with Crippen LogP contribution >= 0.6 is 27.5 Å². The number of para-hydroxylation sites is 1. The summed E-state index contributed by atoms with van der Waals surface area (Å²) in [4.78, 5) is 20.4. The molecule has 0 aliphatic heterocycles. The van der Waals surface area contributed by atoms with Gasteiger partial charge in [-0.05, 0) is 40.2 Å². The highest BCUT2D eigenvalue weighted by Crippen LogP contribution is 2.24. The highest BCUT2D eigenvalue weighted by molar-refractivity contribution is 9.10. The number of amides is 1. The molecule has 1 amide bonds. The van der Waals surface area contributed by atoms with E-state index in [1.165, 1.54) is 6.20 Å². The maximum Gasteiger partial charge on any atom is 0.257 e. The van der Waals surface area contributed by atoms with Crippen LogP contribution in [0, 0.1) is 0 Å². The molecule has 0 unspecified atom stereocenters. The van der Waals surface area contributed by atoms with Crippen molar-refractivity contribution in [3.63, 3.8) is 0 Å². The molecule has 2 aromatic heterocycles. The second-order valence-corrected chi connectivity index (χ2v) is 5.66. The second kappa shape index (κ2) is 5.79. The summed E-state index contributed by atoms with van der Waals surface area (Å²) in [5.74, 6) is -0.253. The van der Waals surface area contributed by atoms with Crippen LogP contribution in [0.1, 0.15) is 10.4 Å². The summed E-state index contributed by atoms with van der Waals surface area (Å²) >= 11 is 9.09. The van der Waals surface area contributed by atoms with Gasteiger partial charge in [-0.15, -0.1) is 0 Å². The van der Waals surface area contributed by atoms with Gasteiger partial charge in [0.2, 0.25) is 0 Å². The molecule has 1 aromatic carbocycles. The van der Waals surface area contributed by atoms with Crippen molar-refractivity contribution in [1.29, 1.82) is 0 Å². The van der Waals surface area contributed by atoms with Crippen LogP contribution in [-0.2, 0) is 0 Å². The van der Waals surface area contributed by atoms with E-state index >= 15 is 0 Å². The first-order valence-corrected chi connectivity index (χ1v) is 7.28. The monoisotopic (exact) mass is 361 g/mol. The fourth-order valence-electron chi connectivity index (χ4n) is 1.94. The Morgan fingerprint density at radius 2 is 2.00 bits per heavy atom. The Kier molecular flexibility index (Phi) is 3.86. The van der Waals surface area contributed by atoms with E-state index in [1.807, 2.05) is 24.3 Å². The summed E-state index contributed by atoms with van der Waals surface area (Å²) < 4.78 is 0.889. The van der Waals surface area contributed by atoms with Crippen molar-refractivity contribution in [3.05, 3.63) is 64.0 Å². The zero-order valence-electron chi connectivity index (χ0n) is 10.7. The molecule has 6 heteroatoms. The Balaban J connectivity index is 1.94. The third-order valence-corrected chi connectivity index (χ3v) is 3.57. The zero-order chi connectivity index (χ0) is 14.8. The SMILES string of the molecule is O=C(Nc1cccc2cc(Br)cnc12)c1ccc(Cl)nc1. The number of nitrogens with zero attached hydrogens (tertiary/aromatic N) is 2. The molecule has 0 radical (unpaired) electrons. The summed E-state index contributed by atoms with van der Waals surface area (Å²) in [6.45, 7) is 0. The van der Waals surface area contributed by atoms with E-state index in [0.717, 1.165) is 15.4 Å². The van der Waals surface area contributed by atoms with Crippen molar-refractivity contribution in [1.82, 2.24) is 9.97 Å². The highest BCUT2D eigenvalue weighted by Gasteiger charge is 2.09. The molecular formula is C15H9BrClN3O. The zero-order valence-corrected chi connectivity index (χ0v) is 13.0. The number of fused-ring (bicyclic) bond motifs is 1. The topological polar surface area (TPSA) is 54.9 Å². The van der Waals surface area contributed by atoms with Gasteiger partial charge in [-0.1, -0.05) is 23.7 Å². The summed E-state index contributed by atoms with van der Waals surface area (Å²) in [5, 5.41) is 4.13. The van der Waals surface area contributed by atoms with E-state index in [1.54, 1.807) is 18.3 Å². The van der Waals surface area contributed by atoms with Gasteiger partial charge < -0.3 is 5.32 Å². The first kappa shape index (κ1) is 14.0. The van der Waals surface area contributed by atoms with Crippen LogP contribution < -0.4 is 5.32 Å². The number of benzene rings is 1. The van der Waals surface area contributed by atoms with Crippen molar-refractivity contribution in [2.24, 2.45) is 0 Å². The summed E-state index contributed by atoms with van der Waals surface area (Å²) in [6.07, 6.45) is 3.13. The number of halogens is 2. The van der Waals surface area contributed by atoms with Crippen molar-refractivity contribution < 1.29 is 4.79 Å². The number of aromatic nitrogens is 2. The van der Waals surface area contributed by atoms with E-state index in [-0.39, 0.29) is 5.91 Å². The molecule has 0 fully saturated rings. The number of anilines is 1. The van der Waals surface area contributed by atoms with Crippen LogP contribution in [0.15, 0.2) is 53.3 Å². The Morgan fingerprint density at radius 1 is 1.14 bits per heavy atom. The van der Waals surface area contributed by atoms with E-state index in [2.05, 4.69) is 31.2 Å². The fourth-order valence-corrected chi connectivity index (χ4v) is 2.40. The van der Waals surface area contributed by atoms with Crippen LogP contribution in [0.3, 0.4) is 0 Å². The number of hydrogen-bond donors (Lipinski definition) is 1. The first-order valence-electron chi connectivity index (χ1n) is 6.11. The van der Waals surface area contributed by atoms with E-state index in [4.69, 9.17) is 11.6 Å². The number of pyridine rings is 2. The third kappa shape index (κ3) is 3.04. The van der Waals surface area contributed by atoms with Gasteiger partial charge in [-0.2, -0.15) is 0 Å². The van der Waals surface area contributed by atoms with Gasteiger partial charge in [-0.3, -0.25) is 9.78 Å². The number of nitrogens with one attached hydrogen (secondary N) is 1. The lowest BCUT2D eigenvalue weighted by Crippen LogP contribution is -2.12. The van der Waals surface area contributed by atoms with Crippen LogP contribution in [0.25, 0.3) is 10.9 Å². The van der Waals surface area contributed by atoms with Crippen molar-refractivity contribution in [3.8, 4) is 0 Å². The molecule has 1 N–H and O–H groups in total. The normalized spacial score (nSPS) is 10.6. The van der Waals surface area contributed by atoms with Gasteiger partial charge >= 0.3 is 0 Å². The molecule has 4 nitrogen and oxygen atoms in total. The molecule has 0 saturated heterocycles. The molecule has 0 atom stereocenters.